The zero-order valence-corrected chi connectivity index (χ0v) is 20.5. The molecule has 1 fully saturated rings. The molecule has 0 saturated carbocycles. The number of benzene rings is 2. The maximum Gasteiger partial charge on any atom is 0.300 e. The van der Waals surface area contributed by atoms with Gasteiger partial charge in [-0.15, -0.1) is 0 Å². The maximum atomic E-state index is 13.2. The number of hydrogen-bond donors (Lipinski definition) is 2. The minimum absolute atomic E-state index is 0.132. The first-order chi connectivity index (χ1) is 16.4. The van der Waals surface area contributed by atoms with Gasteiger partial charge in [0.25, 0.3) is 11.7 Å². The zero-order valence-electron chi connectivity index (χ0n) is 18.9. The van der Waals surface area contributed by atoms with Gasteiger partial charge in [0.05, 0.1) is 28.2 Å². The predicted octanol–water partition coefficient (Wildman–Crippen LogP) is 3.83. The summed E-state index contributed by atoms with van der Waals surface area (Å²) in [5.41, 5.74) is 0.788. The van der Waals surface area contributed by atoms with E-state index in [0.29, 0.717) is 11.3 Å². The van der Waals surface area contributed by atoms with Crippen molar-refractivity contribution in [3.8, 4) is 5.75 Å². The molecule has 0 spiro atoms. The summed E-state index contributed by atoms with van der Waals surface area (Å²) in [6, 6.07) is 10.4. The lowest BCUT2D eigenvalue weighted by Gasteiger charge is -2.24. The van der Waals surface area contributed by atoms with E-state index in [9.17, 15) is 23.1 Å². The maximum absolute atomic E-state index is 13.2. The molecule has 1 amide bonds. The molecular weight excluding hydrogens is 496 g/mol. The van der Waals surface area contributed by atoms with Gasteiger partial charge in [0, 0.05) is 5.69 Å². The van der Waals surface area contributed by atoms with E-state index in [0.717, 1.165) is 4.90 Å². The van der Waals surface area contributed by atoms with Crippen LogP contribution in [-0.4, -0.2) is 32.3 Å². The fraction of sp³-hybridized carbons (Fsp3) is 0.167. The van der Waals surface area contributed by atoms with Gasteiger partial charge < -0.3 is 14.3 Å². The van der Waals surface area contributed by atoms with Crippen molar-refractivity contribution in [2.75, 3.05) is 12.0 Å². The Morgan fingerprint density at radius 3 is 2.31 bits per heavy atom. The monoisotopic (exact) mass is 516 g/mol. The third kappa shape index (κ3) is 4.31. The average molecular weight is 517 g/mol. The number of ether oxygens (including phenoxy) is 1. The lowest BCUT2D eigenvalue weighted by atomic mass is 9.97. The Kier molecular flexibility index (Phi) is 6.22. The predicted molar refractivity (Wildman–Crippen MR) is 129 cm³/mol. The first kappa shape index (κ1) is 24.5. The molecule has 3 N–H and O–H groups in total. The van der Waals surface area contributed by atoms with Crippen LogP contribution in [0.1, 0.15) is 28.7 Å². The molecule has 1 aromatic heterocycles. The number of methoxy groups -OCH3 is 1. The van der Waals surface area contributed by atoms with Gasteiger partial charge in [-0.1, -0.05) is 11.6 Å². The van der Waals surface area contributed by atoms with E-state index in [-0.39, 0.29) is 38.3 Å². The van der Waals surface area contributed by atoms with E-state index in [1.54, 1.807) is 38.1 Å². The van der Waals surface area contributed by atoms with Crippen molar-refractivity contribution in [3.05, 3.63) is 81.8 Å². The van der Waals surface area contributed by atoms with Crippen LogP contribution < -0.4 is 14.8 Å². The van der Waals surface area contributed by atoms with Gasteiger partial charge in [-0.3, -0.25) is 14.5 Å². The van der Waals surface area contributed by atoms with Gasteiger partial charge in [0.1, 0.15) is 29.1 Å². The van der Waals surface area contributed by atoms with Crippen LogP contribution in [0.15, 0.2) is 63.4 Å². The number of ketones is 1. The summed E-state index contributed by atoms with van der Waals surface area (Å²) in [7, 11) is -2.60. The minimum atomic E-state index is -3.97. The second kappa shape index (κ2) is 8.88. The van der Waals surface area contributed by atoms with Gasteiger partial charge in [-0.2, -0.15) is 0 Å². The number of nitrogens with two attached hydrogens (primary N) is 1. The lowest BCUT2D eigenvalue weighted by Crippen LogP contribution is -2.29. The van der Waals surface area contributed by atoms with Crippen LogP contribution in [0.5, 0.6) is 5.75 Å². The summed E-state index contributed by atoms with van der Waals surface area (Å²) in [5, 5.41) is 16.7. The normalized spacial score (nSPS) is 17.7. The standard InChI is InChI=1S/C24H21ClN2O7S/c1-12-10-16(23(33-3)17(25)11-12)21(28)19-20(18-9-4-13(2)34-18)27(24(30)22(19)29)14-5-7-15(8-6-14)35(26,31)32/h4-11,20,28H,1-3H3,(H2,26,31,32)/b21-19+. The summed E-state index contributed by atoms with van der Waals surface area (Å²) < 4.78 is 34.4. The molecule has 0 aliphatic carbocycles. The number of carbonyl (C=O) groups excluding carboxylic acids is 2. The SMILES string of the molecule is COc1c(Cl)cc(C)cc1/C(O)=C1\C(=O)C(=O)N(c2ccc(S(N)(=O)=O)cc2)C1c1ccc(C)o1. The van der Waals surface area contributed by atoms with E-state index >= 15 is 0 Å². The third-order valence-corrected chi connectivity index (χ3v) is 6.78. The minimum Gasteiger partial charge on any atom is -0.507 e. The number of rotatable bonds is 5. The summed E-state index contributed by atoms with van der Waals surface area (Å²) in [6.45, 7) is 3.45. The summed E-state index contributed by atoms with van der Waals surface area (Å²) in [6.07, 6.45) is 0. The second-order valence-electron chi connectivity index (χ2n) is 7.98. The van der Waals surface area contributed by atoms with E-state index < -0.39 is 33.5 Å². The summed E-state index contributed by atoms with van der Waals surface area (Å²) in [5.74, 6) is -1.52. The highest BCUT2D eigenvalue weighted by atomic mass is 35.5. The van der Waals surface area contributed by atoms with E-state index in [1.165, 1.54) is 31.4 Å². The molecule has 2 heterocycles. The number of nitrogens with zero attached hydrogens (tertiary/aromatic N) is 1. The summed E-state index contributed by atoms with van der Waals surface area (Å²) >= 11 is 6.28. The van der Waals surface area contributed by atoms with Crippen LogP contribution in [0.4, 0.5) is 5.69 Å². The van der Waals surface area contributed by atoms with Gasteiger partial charge in [-0.25, -0.2) is 13.6 Å². The number of furan rings is 1. The number of sulfonamides is 1. The number of halogens is 1. The number of anilines is 1. The molecule has 1 saturated heterocycles. The second-order valence-corrected chi connectivity index (χ2v) is 9.95. The van der Waals surface area contributed by atoms with Crippen molar-refractivity contribution in [1.82, 2.24) is 0 Å². The summed E-state index contributed by atoms with van der Waals surface area (Å²) in [4.78, 5) is 27.4. The first-order valence-corrected chi connectivity index (χ1v) is 12.2. The Morgan fingerprint density at radius 2 is 1.77 bits per heavy atom. The number of hydrogen-bond acceptors (Lipinski definition) is 7. The molecule has 182 valence electrons. The molecule has 1 aliphatic heterocycles. The number of primary sulfonamides is 1. The Bertz CT molecular complexity index is 1490. The number of carbonyl (C=O) groups is 2. The van der Waals surface area contributed by atoms with Crippen LogP contribution >= 0.6 is 11.6 Å². The number of amides is 1. The van der Waals surface area contributed by atoms with Crippen LogP contribution in [0, 0.1) is 13.8 Å². The highest BCUT2D eigenvalue weighted by molar-refractivity contribution is 7.89. The molecule has 4 rings (SSSR count). The fourth-order valence-corrected chi connectivity index (χ4v) is 4.89. The van der Waals surface area contributed by atoms with Gasteiger partial charge in [-0.05, 0) is 67.9 Å². The highest BCUT2D eigenvalue weighted by Gasteiger charge is 2.48. The Morgan fingerprint density at radius 1 is 1.11 bits per heavy atom. The molecule has 0 bridgehead atoms. The molecule has 1 atom stereocenters. The smallest absolute Gasteiger partial charge is 0.300 e. The highest BCUT2D eigenvalue weighted by Crippen LogP contribution is 2.45. The van der Waals surface area contributed by atoms with Crippen molar-refractivity contribution in [2.45, 2.75) is 24.8 Å². The van der Waals surface area contributed by atoms with Crippen molar-refractivity contribution < 1.29 is 32.3 Å². The number of Topliss-reactive ketones (excluding diaryl/α,β-unsaturated/α-hetero) is 1. The topological polar surface area (TPSA) is 140 Å². The van der Waals surface area contributed by atoms with Crippen molar-refractivity contribution in [3.63, 3.8) is 0 Å². The van der Waals surface area contributed by atoms with Crippen LogP contribution in [0.2, 0.25) is 5.02 Å². The van der Waals surface area contributed by atoms with Crippen LogP contribution in [-0.2, 0) is 19.6 Å². The number of aliphatic hydroxyl groups excluding tert-OH is 1. The third-order valence-electron chi connectivity index (χ3n) is 5.57. The Labute approximate surface area is 206 Å². The molecule has 2 aromatic carbocycles. The molecule has 3 aromatic rings. The Hall–Kier alpha value is -3.60. The zero-order chi connectivity index (χ0) is 25.7. The van der Waals surface area contributed by atoms with Crippen molar-refractivity contribution >= 4 is 44.8 Å². The van der Waals surface area contributed by atoms with Gasteiger partial charge in [0.2, 0.25) is 10.0 Å². The number of aliphatic hydroxyl groups is 1. The van der Waals surface area contributed by atoms with Crippen molar-refractivity contribution in [1.29, 1.82) is 0 Å². The molecule has 11 heteroatoms. The molecular formula is C24H21ClN2O7S. The molecule has 0 radical (unpaired) electrons. The van der Waals surface area contributed by atoms with Crippen molar-refractivity contribution in [2.24, 2.45) is 5.14 Å². The molecule has 1 aliphatic rings. The molecule has 35 heavy (non-hydrogen) atoms. The van der Waals surface area contributed by atoms with Crippen LogP contribution in [0.3, 0.4) is 0 Å². The first-order valence-electron chi connectivity index (χ1n) is 10.3. The fourth-order valence-electron chi connectivity index (χ4n) is 4.02. The average Bonchev–Trinajstić information content (AvgIpc) is 3.33. The van der Waals surface area contributed by atoms with E-state index in [2.05, 4.69) is 0 Å². The van der Waals surface area contributed by atoms with Gasteiger partial charge >= 0.3 is 0 Å². The van der Waals surface area contributed by atoms with Gasteiger partial charge in [0.15, 0.2) is 0 Å². The molecule has 9 nitrogen and oxygen atoms in total. The molecule has 1 unspecified atom stereocenters. The largest absolute Gasteiger partial charge is 0.507 e. The quantitative estimate of drug-likeness (QED) is 0.298. The number of aryl methyl sites for hydroxylation is 2. The van der Waals surface area contributed by atoms with E-state index in [4.69, 9.17) is 25.9 Å². The Balaban J connectivity index is 1.96. The van der Waals surface area contributed by atoms with E-state index in [1.807, 2.05) is 0 Å². The lowest BCUT2D eigenvalue weighted by molar-refractivity contribution is -0.132. The van der Waals surface area contributed by atoms with Crippen LogP contribution in [0.25, 0.3) is 5.76 Å².